The van der Waals surface area contributed by atoms with Gasteiger partial charge in [0.05, 0.1) is 22.9 Å². The van der Waals surface area contributed by atoms with Crippen molar-refractivity contribution in [3.63, 3.8) is 0 Å². The predicted octanol–water partition coefficient (Wildman–Crippen LogP) is 2.01. The number of benzene rings is 1. The summed E-state index contributed by atoms with van der Waals surface area (Å²) in [6, 6.07) is 4.49. The lowest BCUT2D eigenvalue weighted by Gasteiger charge is -2.16. The van der Waals surface area contributed by atoms with E-state index >= 15 is 0 Å². The van der Waals surface area contributed by atoms with Crippen molar-refractivity contribution in [1.29, 1.82) is 0 Å². The average molecular weight is 277 g/mol. The van der Waals surface area contributed by atoms with Crippen LogP contribution in [0.15, 0.2) is 23.6 Å². The van der Waals surface area contributed by atoms with Gasteiger partial charge in [0.15, 0.2) is 0 Å². The van der Waals surface area contributed by atoms with E-state index in [1.165, 1.54) is 12.1 Å². The lowest BCUT2D eigenvalue weighted by atomic mass is 10.1. The van der Waals surface area contributed by atoms with E-state index in [1.807, 2.05) is 12.3 Å². The summed E-state index contributed by atoms with van der Waals surface area (Å²) < 4.78 is 0. The van der Waals surface area contributed by atoms with Gasteiger partial charge < -0.3 is 15.7 Å². The maximum absolute atomic E-state index is 12.2. The van der Waals surface area contributed by atoms with Gasteiger partial charge in [-0.05, 0) is 25.1 Å². The molecule has 0 radical (unpaired) electrons. The standard InChI is InChI=1S/C13H15N3O2S/c1-8-15-10(7-19-8)6-16(2)13(18)9-3-4-11(14)12(17)5-9/h3-5,7,17H,6,14H2,1-2H3. The van der Waals surface area contributed by atoms with Gasteiger partial charge in [0.2, 0.25) is 0 Å². The lowest BCUT2D eigenvalue weighted by Crippen LogP contribution is -2.26. The Morgan fingerprint density at radius 1 is 1.53 bits per heavy atom. The molecule has 19 heavy (non-hydrogen) atoms. The van der Waals surface area contributed by atoms with E-state index < -0.39 is 0 Å². The average Bonchev–Trinajstić information content (AvgIpc) is 2.77. The first-order valence-electron chi connectivity index (χ1n) is 5.72. The number of anilines is 1. The van der Waals surface area contributed by atoms with Crippen molar-refractivity contribution < 1.29 is 9.90 Å². The SMILES string of the molecule is Cc1nc(CN(C)C(=O)c2ccc(N)c(O)c2)cs1. The highest BCUT2D eigenvalue weighted by Crippen LogP contribution is 2.21. The molecule has 1 amide bonds. The summed E-state index contributed by atoms with van der Waals surface area (Å²) in [4.78, 5) is 18.0. The Morgan fingerprint density at radius 3 is 2.84 bits per heavy atom. The van der Waals surface area contributed by atoms with Crippen LogP contribution in [0.25, 0.3) is 0 Å². The topological polar surface area (TPSA) is 79.5 Å². The number of hydrogen-bond acceptors (Lipinski definition) is 5. The van der Waals surface area contributed by atoms with Gasteiger partial charge >= 0.3 is 0 Å². The quantitative estimate of drug-likeness (QED) is 0.664. The molecule has 100 valence electrons. The van der Waals surface area contributed by atoms with Crippen LogP contribution in [0.1, 0.15) is 21.1 Å². The summed E-state index contributed by atoms with van der Waals surface area (Å²) >= 11 is 1.55. The minimum absolute atomic E-state index is 0.0799. The first-order chi connectivity index (χ1) is 8.97. The van der Waals surface area contributed by atoms with Crippen molar-refractivity contribution in [1.82, 2.24) is 9.88 Å². The van der Waals surface area contributed by atoms with Gasteiger partial charge in [0.1, 0.15) is 5.75 Å². The molecule has 0 aliphatic rings. The smallest absolute Gasteiger partial charge is 0.254 e. The minimum Gasteiger partial charge on any atom is -0.506 e. The number of aryl methyl sites for hydroxylation is 1. The fraction of sp³-hybridized carbons (Fsp3) is 0.231. The van der Waals surface area contributed by atoms with Gasteiger partial charge in [-0.15, -0.1) is 11.3 Å². The number of carbonyl (C=O) groups excluding carboxylic acids is 1. The second-order valence-electron chi connectivity index (χ2n) is 4.29. The van der Waals surface area contributed by atoms with Crippen LogP contribution in [0, 0.1) is 6.92 Å². The third-order valence-electron chi connectivity index (χ3n) is 2.69. The summed E-state index contributed by atoms with van der Waals surface area (Å²) in [7, 11) is 1.70. The zero-order chi connectivity index (χ0) is 14.0. The number of carbonyl (C=O) groups is 1. The van der Waals surface area contributed by atoms with E-state index in [9.17, 15) is 9.90 Å². The number of phenolic OH excluding ortho intramolecular Hbond substituents is 1. The molecule has 0 atom stereocenters. The highest BCUT2D eigenvalue weighted by molar-refractivity contribution is 7.09. The van der Waals surface area contributed by atoms with Crippen molar-refractivity contribution in [2.45, 2.75) is 13.5 Å². The largest absolute Gasteiger partial charge is 0.506 e. The van der Waals surface area contributed by atoms with Crippen LogP contribution >= 0.6 is 11.3 Å². The maximum Gasteiger partial charge on any atom is 0.254 e. The summed E-state index contributed by atoms with van der Waals surface area (Å²) in [6.45, 7) is 2.36. The van der Waals surface area contributed by atoms with E-state index in [2.05, 4.69) is 4.98 Å². The molecule has 0 aliphatic carbocycles. The molecule has 0 aliphatic heterocycles. The van der Waals surface area contributed by atoms with Crippen LogP contribution in [0.2, 0.25) is 0 Å². The van der Waals surface area contributed by atoms with Crippen LogP contribution < -0.4 is 5.73 Å². The molecule has 1 aromatic heterocycles. The number of aromatic nitrogens is 1. The number of rotatable bonds is 3. The first-order valence-corrected chi connectivity index (χ1v) is 6.60. The van der Waals surface area contributed by atoms with E-state index in [0.717, 1.165) is 10.7 Å². The fourth-order valence-corrected chi connectivity index (χ4v) is 2.30. The molecule has 1 aromatic carbocycles. The summed E-state index contributed by atoms with van der Waals surface area (Å²) in [5.74, 6) is -0.260. The molecule has 1 heterocycles. The van der Waals surface area contributed by atoms with Gasteiger partial charge in [-0.25, -0.2) is 4.98 Å². The number of hydrogen-bond donors (Lipinski definition) is 2. The van der Waals surface area contributed by atoms with Crippen LogP contribution in [0.3, 0.4) is 0 Å². The molecule has 0 bridgehead atoms. The number of aromatic hydroxyl groups is 1. The number of phenols is 1. The number of nitrogens with two attached hydrogens (primary N) is 1. The monoisotopic (exact) mass is 277 g/mol. The predicted molar refractivity (Wildman–Crippen MR) is 75.2 cm³/mol. The van der Waals surface area contributed by atoms with Crippen molar-refractivity contribution in [3.05, 3.63) is 39.8 Å². The van der Waals surface area contributed by atoms with Crippen molar-refractivity contribution in [2.24, 2.45) is 0 Å². The summed E-state index contributed by atoms with van der Waals surface area (Å²) in [5, 5.41) is 12.4. The maximum atomic E-state index is 12.2. The molecule has 2 aromatic rings. The van der Waals surface area contributed by atoms with Crippen LogP contribution in [0.4, 0.5) is 5.69 Å². The Labute approximate surface area is 115 Å². The highest BCUT2D eigenvalue weighted by atomic mass is 32.1. The van der Waals surface area contributed by atoms with Crippen LogP contribution in [0.5, 0.6) is 5.75 Å². The third kappa shape index (κ3) is 3.03. The van der Waals surface area contributed by atoms with Gasteiger partial charge in [-0.1, -0.05) is 0 Å². The van der Waals surface area contributed by atoms with E-state index in [-0.39, 0.29) is 17.3 Å². The molecule has 0 unspecified atom stereocenters. The molecule has 0 spiro atoms. The summed E-state index contributed by atoms with van der Waals surface area (Å²) in [5.41, 5.74) is 7.03. The number of nitrogen functional groups attached to an aromatic ring is 1. The molecule has 5 nitrogen and oxygen atoms in total. The molecule has 3 N–H and O–H groups in total. The Morgan fingerprint density at radius 2 is 2.26 bits per heavy atom. The van der Waals surface area contributed by atoms with Gasteiger partial charge in [0.25, 0.3) is 5.91 Å². The summed E-state index contributed by atoms with van der Waals surface area (Å²) in [6.07, 6.45) is 0. The van der Waals surface area contributed by atoms with Crippen molar-refractivity contribution in [2.75, 3.05) is 12.8 Å². The highest BCUT2D eigenvalue weighted by Gasteiger charge is 2.14. The Kier molecular flexibility index (Phi) is 3.71. The van der Waals surface area contributed by atoms with E-state index in [4.69, 9.17) is 5.73 Å². The van der Waals surface area contributed by atoms with Gasteiger partial charge in [-0.3, -0.25) is 4.79 Å². The fourth-order valence-electron chi connectivity index (χ4n) is 1.69. The number of nitrogens with zero attached hydrogens (tertiary/aromatic N) is 2. The first kappa shape index (κ1) is 13.4. The van der Waals surface area contributed by atoms with E-state index in [0.29, 0.717) is 12.1 Å². The molecule has 0 fully saturated rings. The normalized spacial score (nSPS) is 10.4. The van der Waals surface area contributed by atoms with Crippen LogP contribution in [-0.2, 0) is 6.54 Å². The molecule has 2 rings (SSSR count). The van der Waals surface area contributed by atoms with Crippen LogP contribution in [-0.4, -0.2) is 27.9 Å². The molecule has 6 heteroatoms. The molecule has 0 saturated heterocycles. The van der Waals surface area contributed by atoms with Gasteiger partial charge in [0, 0.05) is 18.0 Å². The Bertz CT molecular complexity index is 610. The zero-order valence-corrected chi connectivity index (χ0v) is 11.6. The number of amides is 1. The zero-order valence-electron chi connectivity index (χ0n) is 10.8. The number of thiazole rings is 1. The lowest BCUT2D eigenvalue weighted by molar-refractivity contribution is 0.0783. The molecular weight excluding hydrogens is 262 g/mol. The molecule has 0 saturated carbocycles. The third-order valence-corrected chi connectivity index (χ3v) is 3.51. The van der Waals surface area contributed by atoms with Crippen molar-refractivity contribution >= 4 is 22.9 Å². The van der Waals surface area contributed by atoms with Gasteiger partial charge in [-0.2, -0.15) is 0 Å². The van der Waals surface area contributed by atoms with Crippen molar-refractivity contribution in [3.8, 4) is 5.75 Å². The second-order valence-corrected chi connectivity index (χ2v) is 5.35. The second kappa shape index (κ2) is 5.27. The Balaban J connectivity index is 2.12. The van der Waals surface area contributed by atoms with E-state index in [1.54, 1.807) is 29.4 Å². The molecular formula is C13H15N3O2S. The minimum atomic E-state index is -0.180. The Hall–Kier alpha value is -2.08.